The van der Waals surface area contributed by atoms with Gasteiger partial charge in [0.15, 0.2) is 11.5 Å². The number of hydroxylamine groups is 1. The molecule has 10 nitrogen and oxygen atoms in total. The van der Waals surface area contributed by atoms with Crippen LogP contribution in [0.5, 0.6) is 11.5 Å². The first-order valence-corrected chi connectivity index (χ1v) is 7.72. The summed E-state index contributed by atoms with van der Waals surface area (Å²) in [6, 6.07) is 8.06. The van der Waals surface area contributed by atoms with Crippen LogP contribution < -0.4 is 16.3 Å². The van der Waals surface area contributed by atoms with Crippen LogP contribution in [0, 0.1) is 4.91 Å². The lowest BCUT2D eigenvalue weighted by atomic mass is 9.75. The van der Waals surface area contributed by atoms with Crippen molar-refractivity contribution < 1.29 is 30.0 Å². The normalized spacial score (nSPS) is 11.3. The molecule has 2 amide bonds. The van der Waals surface area contributed by atoms with E-state index in [2.05, 4.69) is 10.4 Å². The van der Waals surface area contributed by atoms with Crippen LogP contribution in [-0.4, -0.2) is 45.4 Å². The van der Waals surface area contributed by atoms with Gasteiger partial charge in [-0.2, -0.15) is 4.91 Å². The first-order valence-electron chi connectivity index (χ1n) is 7.72. The number of hydrogen-bond donors (Lipinski definition) is 6. The standard InChI is InChI=1S/C16H16BN3O7/c21-13-6-1-9(8-14(13)22)7-12(16(24)19-26)18-15(23)10-2-4-11(5-3-10)17(25)20-27/h1-6,8,12,21-22,25-26H,7H2,(H,18,23)(H,19,24)/t12-/m0/s1. The third-order valence-electron chi connectivity index (χ3n) is 3.78. The van der Waals surface area contributed by atoms with E-state index < -0.39 is 24.9 Å². The van der Waals surface area contributed by atoms with Gasteiger partial charge in [0.1, 0.15) is 6.04 Å². The summed E-state index contributed by atoms with van der Waals surface area (Å²) in [5.74, 6) is -2.25. The van der Waals surface area contributed by atoms with Crippen molar-refractivity contribution in [1.29, 1.82) is 0 Å². The summed E-state index contributed by atoms with van der Waals surface area (Å²) in [6.45, 7) is 0. The van der Waals surface area contributed by atoms with Gasteiger partial charge in [-0.25, -0.2) is 5.48 Å². The summed E-state index contributed by atoms with van der Waals surface area (Å²) < 4.78 is 0. The van der Waals surface area contributed by atoms with E-state index in [4.69, 9.17) is 5.21 Å². The van der Waals surface area contributed by atoms with E-state index in [0.29, 0.717) is 5.56 Å². The Morgan fingerprint density at radius 2 is 1.74 bits per heavy atom. The van der Waals surface area contributed by atoms with Crippen molar-refractivity contribution in [2.75, 3.05) is 0 Å². The quantitative estimate of drug-likeness (QED) is 0.124. The van der Waals surface area contributed by atoms with Crippen LogP contribution in [0.4, 0.5) is 0 Å². The molecule has 1 atom stereocenters. The fourth-order valence-electron chi connectivity index (χ4n) is 2.33. The van der Waals surface area contributed by atoms with Crippen molar-refractivity contribution in [3.05, 3.63) is 58.5 Å². The molecule has 0 aliphatic carbocycles. The highest BCUT2D eigenvalue weighted by Crippen LogP contribution is 2.25. The van der Waals surface area contributed by atoms with Gasteiger partial charge < -0.3 is 20.6 Å². The Labute approximate surface area is 153 Å². The SMILES string of the molecule is O=NB(O)c1ccc(C(=O)N[C@@H](Cc2ccc(O)c(O)c2)C(=O)NO)cc1. The summed E-state index contributed by atoms with van der Waals surface area (Å²) in [4.78, 5) is 34.5. The number of carbonyl (C=O) groups excluding carboxylic acids is 2. The molecule has 0 saturated heterocycles. The molecular weight excluding hydrogens is 357 g/mol. The molecule has 0 heterocycles. The van der Waals surface area contributed by atoms with Gasteiger partial charge in [0, 0.05) is 12.0 Å². The van der Waals surface area contributed by atoms with Crippen molar-refractivity contribution in [3.8, 4) is 11.5 Å². The molecular formula is C16H16BN3O7. The van der Waals surface area contributed by atoms with Crippen LogP contribution in [0.1, 0.15) is 15.9 Å². The highest BCUT2D eigenvalue weighted by molar-refractivity contribution is 6.64. The Morgan fingerprint density at radius 3 is 2.30 bits per heavy atom. The number of benzene rings is 2. The van der Waals surface area contributed by atoms with Crippen molar-refractivity contribution >= 4 is 24.3 Å². The first-order chi connectivity index (χ1) is 12.8. The molecule has 0 saturated carbocycles. The molecule has 0 radical (unpaired) electrons. The number of amides is 2. The van der Waals surface area contributed by atoms with E-state index in [-0.39, 0.29) is 28.9 Å². The molecule has 0 fully saturated rings. The molecule has 0 aliphatic heterocycles. The molecule has 27 heavy (non-hydrogen) atoms. The van der Waals surface area contributed by atoms with E-state index >= 15 is 0 Å². The zero-order chi connectivity index (χ0) is 20.0. The topological polar surface area (TPSA) is 169 Å². The summed E-state index contributed by atoms with van der Waals surface area (Å²) >= 11 is 0. The van der Waals surface area contributed by atoms with Gasteiger partial charge in [0.2, 0.25) is 0 Å². The molecule has 0 aromatic heterocycles. The Hall–Kier alpha value is -3.44. The van der Waals surface area contributed by atoms with Crippen molar-refractivity contribution in [1.82, 2.24) is 10.8 Å². The van der Waals surface area contributed by atoms with E-state index in [0.717, 1.165) is 0 Å². The molecule has 2 aromatic rings. The number of carbonyl (C=O) groups is 2. The Morgan fingerprint density at radius 1 is 1.07 bits per heavy atom. The number of phenolic OH excluding ortho intramolecular Hbond substituents is 2. The number of rotatable bonds is 7. The van der Waals surface area contributed by atoms with Gasteiger partial charge >= 0.3 is 7.05 Å². The minimum Gasteiger partial charge on any atom is -0.504 e. The second-order valence-electron chi connectivity index (χ2n) is 5.63. The van der Waals surface area contributed by atoms with Crippen molar-refractivity contribution in [2.45, 2.75) is 12.5 Å². The van der Waals surface area contributed by atoms with Crippen LogP contribution in [0.3, 0.4) is 0 Å². The fourth-order valence-corrected chi connectivity index (χ4v) is 2.33. The highest BCUT2D eigenvalue weighted by Gasteiger charge is 2.23. The third-order valence-corrected chi connectivity index (χ3v) is 3.78. The predicted octanol–water partition coefficient (Wildman–Crippen LogP) is -0.602. The number of phenols is 2. The fraction of sp³-hybridized carbons (Fsp3) is 0.125. The van der Waals surface area contributed by atoms with Crippen LogP contribution >= 0.6 is 0 Å². The maximum atomic E-state index is 12.3. The summed E-state index contributed by atoms with van der Waals surface area (Å²) in [5.41, 5.74) is 2.22. The van der Waals surface area contributed by atoms with Gasteiger partial charge in [-0.15, -0.1) is 0 Å². The van der Waals surface area contributed by atoms with E-state index in [1.54, 1.807) is 0 Å². The molecule has 0 unspecified atom stereocenters. The van der Waals surface area contributed by atoms with Crippen LogP contribution in [0.25, 0.3) is 0 Å². The highest BCUT2D eigenvalue weighted by atomic mass is 16.5. The minimum atomic E-state index is -1.54. The molecule has 2 aromatic carbocycles. The lowest BCUT2D eigenvalue weighted by Crippen LogP contribution is -2.47. The number of hydrogen-bond acceptors (Lipinski definition) is 8. The smallest absolute Gasteiger partial charge is 0.504 e. The Bertz CT molecular complexity index is 844. The van der Waals surface area contributed by atoms with Crippen LogP contribution in [-0.2, 0) is 11.2 Å². The molecule has 6 N–H and O–H groups in total. The monoisotopic (exact) mass is 373 g/mol. The lowest BCUT2D eigenvalue weighted by molar-refractivity contribution is -0.131. The number of aromatic hydroxyl groups is 2. The van der Waals surface area contributed by atoms with Gasteiger partial charge in [-0.1, -0.05) is 23.3 Å². The van der Waals surface area contributed by atoms with Crippen molar-refractivity contribution in [3.63, 3.8) is 0 Å². The summed E-state index contributed by atoms with van der Waals surface area (Å²) in [7, 11) is -1.54. The van der Waals surface area contributed by atoms with Gasteiger partial charge in [0.25, 0.3) is 11.8 Å². The van der Waals surface area contributed by atoms with Gasteiger partial charge in [-0.3, -0.25) is 14.8 Å². The summed E-state index contributed by atoms with van der Waals surface area (Å²) in [5, 5.41) is 41.9. The van der Waals surface area contributed by atoms with Crippen LogP contribution in [0.15, 0.2) is 47.6 Å². The molecule has 0 bridgehead atoms. The average Bonchev–Trinajstić information content (AvgIpc) is 2.69. The number of nitrogens with zero attached hydrogens (tertiary/aromatic N) is 1. The zero-order valence-corrected chi connectivity index (χ0v) is 13.9. The molecule has 11 heteroatoms. The second kappa shape index (κ2) is 8.78. The average molecular weight is 373 g/mol. The third kappa shape index (κ3) is 5.03. The molecule has 0 spiro atoms. The first kappa shape index (κ1) is 19.9. The van der Waals surface area contributed by atoms with Crippen molar-refractivity contribution in [2.24, 2.45) is 5.09 Å². The van der Waals surface area contributed by atoms with E-state index in [1.807, 2.05) is 0 Å². The number of nitrogens with one attached hydrogen (secondary N) is 2. The maximum absolute atomic E-state index is 12.3. The Balaban J connectivity index is 2.15. The molecule has 140 valence electrons. The van der Waals surface area contributed by atoms with E-state index in [9.17, 15) is 29.7 Å². The zero-order valence-electron chi connectivity index (χ0n) is 13.9. The largest absolute Gasteiger partial charge is 0.517 e. The lowest BCUT2D eigenvalue weighted by Gasteiger charge is -2.17. The predicted molar refractivity (Wildman–Crippen MR) is 94.5 cm³/mol. The van der Waals surface area contributed by atoms with E-state index in [1.165, 1.54) is 47.9 Å². The Kier molecular flexibility index (Phi) is 6.47. The maximum Gasteiger partial charge on any atom is 0.517 e. The second-order valence-corrected chi connectivity index (χ2v) is 5.63. The summed E-state index contributed by atoms with van der Waals surface area (Å²) in [6.07, 6.45) is -0.0716. The van der Waals surface area contributed by atoms with Gasteiger partial charge in [-0.05, 0) is 35.3 Å². The van der Waals surface area contributed by atoms with Gasteiger partial charge in [0.05, 0.1) is 0 Å². The molecule has 0 aliphatic rings. The van der Waals surface area contributed by atoms with Crippen LogP contribution in [0.2, 0.25) is 0 Å². The molecule has 2 rings (SSSR count). The number of nitroso groups, excluding NO2 is 1. The minimum absolute atomic E-state index is 0.0716.